The number of thiazole rings is 2. The van der Waals surface area contributed by atoms with Crippen LogP contribution >= 0.6 is 35.1 Å². The van der Waals surface area contributed by atoms with Crippen LogP contribution in [0.15, 0.2) is 24.3 Å². The maximum Gasteiger partial charge on any atom is 0.272 e. The fourth-order valence-electron chi connectivity index (χ4n) is 3.39. The van der Waals surface area contributed by atoms with Crippen LogP contribution in [0.1, 0.15) is 26.8 Å². The Morgan fingerprint density at radius 1 is 1.17 bits per heavy atom. The van der Waals surface area contributed by atoms with E-state index in [9.17, 15) is 4.79 Å². The molecule has 9 heteroatoms. The molecule has 3 heterocycles. The SMILES string of the molecule is Cc1nc(C)c(C(=O)N(CCCN2CCOCC2)c2nc3ccccc3s2)s1.Cl. The van der Waals surface area contributed by atoms with E-state index in [-0.39, 0.29) is 18.3 Å². The fraction of sp³-hybridized carbons (Fsp3) is 0.450. The second kappa shape index (κ2) is 9.95. The lowest BCUT2D eigenvalue weighted by atomic mass is 10.3. The van der Waals surface area contributed by atoms with Gasteiger partial charge in [0.15, 0.2) is 5.13 Å². The average Bonchev–Trinajstić information content (AvgIpc) is 3.28. The lowest BCUT2D eigenvalue weighted by Crippen LogP contribution is -2.39. The molecule has 0 N–H and O–H groups in total. The van der Waals surface area contributed by atoms with Gasteiger partial charge in [-0.2, -0.15) is 0 Å². The molecule has 1 fully saturated rings. The second-order valence-electron chi connectivity index (χ2n) is 6.88. The number of carbonyl (C=O) groups excluding carboxylic acids is 1. The minimum Gasteiger partial charge on any atom is -0.379 e. The molecule has 0 atom stereocenters. The number of halogens is 1. The number of fused-ring (bicyclic) bond motifs is 1. The van der Waals surface area contributed by atoms with Gasteiger partial charge >= 0.3 is 0 Å². The molecular formula is C20H25ClN4O2S2. The number of hydrogen-bond acceptors (Lipinski definition) is 7. The maximum atomic E-state index is 13.4. The van der Waals surface area contributed by atoms with Crippen molar-refractivity contribution in [2.24, 2.45) is 0 Å². The predicted octanol–water partition coefficient (Wildman–Crippen LogP) is 4.16. The number of benzene rings is 1. The van der Waals surface area contributed by atoms with Gasteiger partial charge in [-0.1, -0.05) is 23.5 Å². The Balaban J connectivity index is 0.00000240. The van der Waals surface area contributed by atoms with Crippen LogP contribution in [0, 0.1) is 13.8 Å². The van der Waals surface area contributed by atoms with Crippen molar-refractivity contribution < 1.29 is 9.53 Å². The van der Waals surface area contributed by atoms with Crippen LogP contribution in [0.4, 0.5) is 5.13 Å². The first-order chi connectivity index (χ1) is 13.6. The van der Waals surface area contributed by atoms with E-state index in [0.29, 0.717) is 11.4 Å². The van der Waals surface area contributed by atoms with Gasteiger partial charge < -0.3 is 4.74 Å². The molecule has 0 saturated carbocycles. The summed E-state index contributed by atoms with van der Waals surface area (Å²) in [5.41, 5.74) is 1.73. The summed E-state index contributed by atoms with van der Waals surface area (Å²) in [6.45, 7) is 8.95. The number of aromatic nitrogens is 2. The lowest BCUT2D eigenvalue weighted by molar-refractivity contribution is 0.0376. The Kier molecular flexibility index (Phi) is 7.59. The molecule has 1 aromatic carbocycles. The smallest absolute Gasteiger partial charge is 0.272 e. The third-order valence-corrected chi connectivity index (χ3v) is 6.94. The van der Waals surface area contributed by atoms with Crippen molar-refractivity contribution in [3.63, 3.8) is 0 Å². The van der Waals surface area contributed by atoms with Gasteiger partial charge in [-0.25, -0.2) is 9.97 Å². The Morgan fingerprint density at radius 3 is 2.62 bits per heavy atom. The second-order valence-corrected chi connectivity index (χ2v) is 9.09. The zero-order chi connectivity index (χ0) is 19.5. The maximum absolute atomic E-state index is 13.4. The van der Waals surface area contributed by atoms with Gasteiger partial charge in [0.1, 0.15) is 4.88 Å². The van der Waals surface area contributed by atoms with Crippen LogP contribution in [0.3, 0.4) is 0 Å². The van der Waals surface area contributed by atoms with Crippen molar-refractivity contribution in [2.75, 3.05) is 44.3 Å². The molecule has 1 aliphatic heterocycles. The molecule has 6 nitrogen and oxygen atoms in total. The molecule has 0 radical (unpaired) electrons. The van der Waals surface area contributed by atoms with E-state index < -0.39 is 0 Å². The van der Waals surface area contributed by atoms with Crippen molar-refractivity contribution in [1.29, 1.82) is 0 Å². The van der Waals surface area contributed by atoms with Crippen LogP contribution in [-0.4, -0.2) is 60.2 Å². The Bertz CT molecular complexity index is 935. The minimum absolute atomic E-state index is 0. The van der Waals surface area contributed by atoms with Crippen molar-refractivity contribution in [3.8, 4) is 0 Å². The number of nitrogens with zero attached hydrogens (tertiary/aromatic N) is 4. The van der Waals surface area contributed by atoms with Crippen LogP contribution in [0.2, 0.25) is 0 Å². The number of hydrogen-bond donors (Lipinski definition) is 0. The van der Waals surface area contributed by atoms with E-state index in [2.05, 4.69) is 16.0 Å². The van der Waals surface area contributed by atoms with Gasteiger partial charge in [-0.15, -0.1) is 23.7 Å². The summed E-state index contributed by atoms with van der Waals surface area (Å²) >= 11 is 3.03. The topological polar surface area (TPSA) is 58.6 Å². The minimum atomic E-state index is 0. The highest BCUT2D eigenvalue weighted by molar-refractivity contribution is 7.22. The first-order valence-corrected chi connectivity index (χ1v) is 11.2. The summed E-state index contributed by atoms with van der Waals surface area (Å²) < 4.78 is 6.52. The molecule has 156 valence electrons. The van der Waals surface area contributed by atoms with Crippen LogP contribution in [0.5, 0.6) is 0 Å². The highest BCUT2D eigenvalue weighted by atomic mass is 35.5. The summed E-state index contributed by atoms with van der Waals surface area (Å²) in [5, 5.41) is 1.68. The monoisotopic (exact) mass is 452 g/mol. The summed E-state index contributed by atoms with van der Waals surface area (Å²) in [6, 6.07) is 8.03. The summed E-state index contributed by atoms with van der Waals surface area (Å²) in [6.07, 6.45) is 0.901. The summed E-state index contributed by atoms with van der Waals surface area (Å²) in [4.78, 5) is 27.5. The van der Waals surface area contributed by atoms with Crippen molar-refractivity contribution in [3.05, 3.63) is 39.8 Å². The molecule has 1 aliphatic rings. The van der Waals surface area contributed by atoms with Crippen LogP contribution in [-0.2, 0) is 4.74 Å². The summed E-state index contributed by atoms with van der Waals surface area (Å²) in [5.74, 6) is 0.00383. The Morgan fingerprint density at radius 2 is 1.93 bits per heavy atom. The molecule has 2 aromatic heterocycles. The zero-order valence-corrected chi connectivity index (χ0v) is 19.0. The standard InChI is InChI=1S/C20H24N4O2S2.ClH/c1-14-18(27-15(2)21-14)19(25)24(9-5-8-23-10-12-26-13-11-23)20-22-16-6-3-4-7-17(16)28-20;/h3-4,6-7H,5,8-13H2,1-2H3;1H. The van der Waals surface area contributed by atoms with Gasteiger partial charge in [0.25, 0.3) is 5.91 Å². The van der Waals surface area contributed by atoms with Gasteiger partial charge in [0.05, 0.1) is 34.1 Å². The third kappa shape index (κ3) is 5.13. The molecule has 3 aromatic rings. The number of carbonyl (C=O) groups is 1. The normalized spacial score (nSPS) is 14.7. The molecule has 4 rings (SSSR count). The van der Waals surface area contributed by atoms with Crippen molar-refractivity contribution >= 4 is 56.3 Å². The number of morpholine rings is 1. The van der Waals surface area contributed by atoms with Gasteiger partial charge in [-0.3, -0.25) is 14.6 Å². The number of anilines is 1. The highest BCUT2D eigenvalue weighted by Gasteiger charge is 2.25. The molecule has 1 amide bonds. The molecule has 1 saturated heterocycles. The first-order valence-electron chi connectivity index (χ1n) is 9.53. The molecule has 0 bridgehead atoms. The number of ether oxygens (including phenoxy) is 1. The van der Waals surface area contributed by atoms with E-state index in [1.54, 1.807) is 11.3 Å². The van der Waals surface area contributed by atoms with E-state index >= 15 is 0 Å². The lowest BCUT2D eigenvalue weighted by Gasteiger charge is -2.27. The molecule has 0 aliphatic carbocycles. The first kappa shape index (κ1) is 22.1. The van der Waals surface area contributed by atoms with Crippen LogP contribution < -0.4 is 4.90 Å². The van der Waals surface area contributed by atoms with E-state index in [1.807, 2.05) is 36.9 Å². The Labute approximate surface area is 184 Å². The number of para-hydroxylation sites is 1. The van der Waals surface area contributed by atoms with Gasteiger partial charge in [-0.05, 0) is 32.4 Å². The van der Waals surface area contributed by atoms with E-state index in [4.69, 9.17) is 9.72 Å². The van der Waals surface area contributed by atoms with Crippen molar-refractivity contribution in [1.82, 2.24) is 14.9 Å². The number of aryl methyl sites for hydroxylation is 2. The van der Waals surface area contributed by atoms with Gasteiger partial charge in [0, 0.05) is 26.2 Å². The van der Waals surface area contributed by atoms with Crippen molar-refractivity contribution in [2.45, 2.75) is 20.3 Å². The molecule has 29 heavy (non-hydrogen) atoms. The van der Waals surface area contributed by atoms with Gasteiger partial charge in [0.2, 0.25) is 0 Å². The zero-order valence-electron chi connectivity index (χ0n) is 16.6. The fourth-order valence-corrected chi connectivity index (χ4v) is 5.25. The molecular weight excluding hydrogens is 428 g/mol. The number of amides is 1. The third-order valence-electron chi connectivity index (χ3n) is 4.82. The average molecular weight is 453 g/mol. The van der Waals surface area contributed by atoms with E-state index in [1.165, 1.54) is 11.3 Å². The highest BCUT2D eigenvalue weighted by Crippen LogP contribution is 2.31. The number of rotatable bonds is 6. The van der Waals surface area contributed by atoms with E-state index in [0.717, 1.165) is 65.3 Å². The molecule has 0 spiro atoms. The quantitative estimate of drug-likeness (QED) is 0.562. The Hall–Kier alpha value is -1.58. The largest absolute Gasteiger partial charge is 0.379 e. The summed E-state index contributed by atoms with van der Waals surface area (Å²) in [7, 11) is 0. The molecule has 0 unspecified atom stereocenters. The predicted molar refractivity (Wildman–Crippen MR) is 122 cm³/mol. The van der Waals surface area contributed by atoms with Crippen LogP contribution in [0.25, 0.3) is 10.2 Å².